The average molecular weight is 423 g/mol. The first kappa shape index (κ1) is 21.0. The number of alkyl halides is 2. The van der Waals surface area contributed by atoms with E-state index in [1.165, 1.54) is 12.1 Å². The molecule has 2 aromatic carbocycles. The summed E-state index contributed by atoms with van der Waals surface area (Å²) >= 11 is 5.94. The van der Waals surface area contributed by atoms with Crippen LogP contribution in [0.3, 0.4) is 0 Å². The van der Waals surface area contributed by atoms with Crippen LogP contribution in [0, 0.1) is 0 Å². The minimum atomic E-state index is -2.85. The zero-order valence-corrected chi connectivity index (χ0v) is 16.4. The van der Waals surface area contributed by atoms with Crippen molar-refractivity contribution in [1.29, 1.82) is 0 Å². The molecule has 2 aromatic rings. The molecule has 1 fully saturated rings. The lowest BCUT2D eigenvalue weighted by Crippen LogP contribution is -2.50. The van der Waals surface area contributed by atoms with Gasteiger partial charge < -0.3 is 14.5 Å². The molecule has 0 spiro atoms. The number of rotatable bonds is 6. The summed E-state index contributed by atoms with van der Waals surface area (Å²) in [6.07, 6.45) is 0.826. The number of hydrogen-bond donors (Lipinski definition) is 0. The largest absolute Gasteiger partial charge is 0.435 e. The maximum Gasteiger partial charge on any atom is 0.387 e. The number of benzene rings is 2. The Balaban J connectivity index is 1.45. The molecule has 0 saturated carbocycles. The second-order valence-corrected chi connectivity index (χ2v) is 7.14. The Kier molecular flexibility index (Phi) is 7.04. The zero-order valence-electron chi connectivity index (χ0n) is 15.7. The van der Waals surface area contributed by atoms with Crippen molar-refractivity contribution in [1.82, 2.24) is 9.80 Å². The highest BCUT2D eigenvalue weighted by Gasteiger charge is 2.24. The minimum Gasteiger partial charge on any atom is -0.435 e. The molecule has 154 valence electrons. The van der Waals surface area contributed by atoms with Crippen LogP contribution >= 0.6 is 11.6 Å². The molecule has 0 N–H and O–H groups in total. The van der Waals surface area contributed by atoms with Gasteiger partial charge in [0.15, 0.2) is 0 Å². The van der Waals surface area contributed by atoms with Gasteiger partial charge in [-0.1, -0.05) is 29.8 Å². The Morgan fingerprint density at radius 3 is 2.28 bits per heavy atom. The van der Waals surface area contributed by atoms with Crippen molar-refractivity contribution in [3.05, 3.63) is 64.7 Å². The third-order valence-corrected chi connectivity index (χ3v) is 5.00. The molecule has 1 aliphatic heterocycles. The SMILES string of the molecule is O=C(CCc1ccc(OC(F)F)cc1)N1CCN(C(=O)c2cccc(Cl)c2)CC1. The molecule has 8 heteroatoms. The van der Waals surface area contributed by atoms with E-state index >= 15 is 0 Å². The number of piperazine rings is 1. The number of halogens is 3. The lowest BCUT2D eigenvalue weighted by atomic mass is 10.1. The fourth-order valence-corrected chi connectivity index (χ4v) is 3.40. The maximum atomic E-state index is 12.5. The first-order chi connectivity index (χ1) is 13.9. The fraction of sp³-hybridized carbons (Fsp3) is 0.333. The molecule has 0 unspecified atom stereocenters. The van der Waals surface area contributed by atoms with E-state index < -0.39 is 6.61 Å². The van der Waals surface area contributed by atoms with E-state index in [0.717, 1.165) is 5.56 Å². The quantitative estimate of drug-likeness (QED) is 0.710. The number of ether oxygens (including phenoxy) is 1. The van der Waals surface area contributed by atoms with E-state index in [4.69, 9.17) is 11.6 Å². The topological polar surface area (TPSA) is 49.9 Å². The summed E-state index contributed by atoms with van der Waals surface area (Å²) < 4.78 is 28.6. The normalized spacial score (nSPS) is 14.2. The molecule has 3 rings (SSSR count). The van der Waals surface area contributed by atoms with Gasteiger partial charge in [0.1, 0.15) is 5.75 Å². The van der Waals surface area contributed by atoms with Gasteiger partial charge in [-0.05, 0) is 42.3 Å². The van der Waals surface area contributed by atoms with Crippen LogP contribution in [-0.2, 0) is 11.2 Å². The van der Waals surface area contributed by atoms with Crippen molar-refractivity contribution in [2.75, 3.05) is 26.2 Å². The van der Waals surface area contributed by atoms with Gasteiger partial charge in [-0.15, -0.1) is 0 Å². The second kappa shape index (κ2) is 9.69. The van der Waals surface area contributed by atoms with E-state index in [9.17, 15) is 18.4 Å². The molecule has 0 bridgehead atoms. The average Bonchev–Trinajstić information content (AvgIpc) is 2.72. The van der Waals surface area contributed by atoms with Crippen molar-refractivity contribution in [2.45, 2.75) is 19.5 Å². The minimum absolute atomic E-state index is 0.00719. The van der Waals surface area contributed by atoms with Gasteiger partial charge in [0.25, 0.3) is 5.91 Å². The first-order valence-corrected chi connectivity index (χ1v) is 9.66. The number of carbonyl (C=O) groups is 2. The highest BCUT2D eigenvalue weighted by molar-refractivity contribution is 6.30. The van der Waals surface area contributed by atoms with E-state index in [1.807, 2.05) is 0 Å². The number of amides is 2. The Morgan fingerprint density at radius 1 is 1.00 bits per heavy atom. The third kappa shape index (κ3) is 5.90. The van der Waals surface area contributed by atoms with E-state index in [0.29, 0.717) is 49.6 Å². The highest BCUT2D eigenvalue weighted by Crippen LogP contribution is 2.17. The smallest absolute Gasteiger partial charge is 0.387 e. The van der Waals surface area contributed by atoms with Crippen molar-refractivity contribution < 1.29 is 23.1 Å². The Bertz CT molecular complexity index is 853. The molecular weight excluding hydrogens is 402 g/mol. The standard InChI is InChI=1S/C21H21ClF2N2O3/c22-17-3-1-2-16(14-17)20(28)26-12-10-25(11-13-26)19(27)9-6-15-4-7-18(8-5-15)29-21(23)24/h1-5,7-8,14,21H,6,9-13H2. The second-order valence-electron chi connectivity index (χ2n) is 6.71. The van der Waals surface area contributed by atoms with Gasteiger partial charge in [-0.2, -0.15) is 8.78 Å². The molecule has 1 aliphatic rings. The van der Waals surface area contributed by atoms with Crippen molar-refractivity contribution in [3.8, 4) is 5.75 Å². The van der Waals surface area contributed by atoms with E-state index in [2.05, 4.69) is 4.74 Å². The molecular formula is C21H21ClF2N2O3. The van der Waals surface area contributed by atoms with Gasteiger partial charge in [0.2, 0.25) is 5.91 Å². The number of aryl methyl sites for hydroxylation is 1. The third-order valence-electron chi connectivity index (χ3n) is 4.77. The number of hydrogen-bond acceptors (Lipinski definition) is 3. The Morgan fingerprint density at radius 2 is 1.66 bits per heavy atom. The van der Waals surface area contributed by atoms with Crippen LogP contribution in [0.2, 0.25) is 5.02 Å². The highest BCUT2D eigenvalue weighted by atomic mass is 35.5. The van der Waals surface area contributed by atoms with Gasteiger partial charge in [-0.25, -0.2) is 0 Å². The van der Waals surface area contributed by atoms with Crippen molar-refractivity contribution in [2.24, 2.45) is 0 Å². The van der Waals surface area contributed by atoms with Crippen LogP contribution in [0.5, 0.6) is 5.75 Å². The summed E-state index contributed by atoms with van der Waals surface area (Å²) in [5, 5.41) is 0.512. The summed E-state index contributed by atoms with van der Waals surface area (Å²) in [7, 11) is 0. The van der Waals surface area contributed by atoms with Gasteiger partial charge in [0.05, 0.1) is 0 Å². The van der Waals surface area contributed by atoms with Crippen LogP contribution in [0.1, 0.15) is 22.3 Å². The zero-order chi connectivity index (χ0) is 20.8. The summed E-state index contributed by atoms with van der Waals surface area (Å²) in [5.41, 5.74) is 1.41. The molecule has 1 heterocycles. The summed E-state index contributed by atoms with van der Waals surface area (Å²) in [5.74, 6) is 0.00837. The molecule has 29 heavy (non-hydrogen) atoms. The molecule has 0 aliphatic carbocycles. The first-order valence-electron chi connectivity index (χ1n) is 9.29. The van der Waals surface area contributed by atoms with Crippen LogP contribution < -0.4 is 4.74 Å². The van der Waals surface area contributed by atoms with Crippen LogP contribution in [-0.4, -0.2) is 54.4 Å². The molecule has 5 nitrogen and oxygen atoms in total. The lowest BCUT2D eigenvalue weighted by Gasteiger charge is -2.35. The van der Waals surface area contributed by atoms with Crippen molar-refractivity contribution in [3.63, 3.8) is 0 Å². The predicted octanol–water partition coefficient (Wildman–Crippen LogP) is 3.86. The predicted molar refractivity (Wildman–Crippen MR) is 105 cm³/mol. The van der Waals surface area contributed by atoms with E-state index in [-0.39, 0.29) is 17.6 Å². The van der Waals surface area contributed by atoms with Gasteiger partial charge in [0, 0.05) is 43.2 Å². The molecule has 0 atom stereocenters. The van der Waals surface area contributed by atoms with Crippen molar-refractivity contribution >= 4 is 23.4 Å². The summed E-state index contributed by atoms with van der Waals surface area (Å²) in [6.45, 7) is -0.960. The molecule has 0 radical (unpaired) electrons. The van der Waals surface area contributed by atoms with Gasteiger partial charge >= 0.3 is 6.61 Å². The maximum absolute atomic E-state index is 12.5. The number of carbonyl (C=O) groups excluding carboxylic acids is 2. The lowest BCUT2D eigenvalue weighted by molar-refractivity contribution is -0.132. The Hall–Kier alpha value is -2.67. The Labute approximate surface area is 172 Å². The van der Waals surface area contributed by atoms with Crippen LogP contribution in [0.4, 0.5) is 8.78 Å². The molecule has 2 amide bonds. The molecule has 0 aromatic heterocycles. The summed E-state index contributed by atoms with van der Waals surface area (Å²) in [6, 6.07) is 13.1. The van der Waals surface area contributed by atoms with Gasteiger partial charge in [-0.3, -0.25) is 9.59 Å². The van der Waals surface area contributed by atoms with Crippen LogP contribution in [0.15, 0.2) is 48.5 Å². The fourth-order valence-electron chi connectivity index (χ4n) is 3.21. The molecule has 1 saturated heterocycles. The number of nitrogens with zero attached hydrogens (tertiary/aromatic N) is 2. The van der Waals surface area contributed by atoms with E-state index in [1.54, 1.807) is 46.2 Å². The monoisotopic (exact) mass is 422 g/mol. The van der Waals surface area contributed by atoms with Crippen LogP contribution in [0.25, 0.3) is 0 Å². The summed E-state index contributed by atoms with van der Waals surface area (Å²) in [4.78, 5) is 28.5.